The van der Waals surface area contributed by atoms with E-state index >= 15 is 0 Å². The summed E-state index contributed by atoms with van der Waals surface area (Å²) in [5.74, 6) is 0.909. The Kier molecular flexibility index (Phi) is 20.4. The van der Waals surface area contributed by atoms with E-state index in [9.17, 15) is 24.6 Å². The maximum atomic E-state index is 13.1. The molecule has 3 aromatic heterocycles. The number of nitrogens with two attached hydrogens (primary N) is 1. The highest BCUT2D eigenvalue weighted by molar-refractivity contribution is 5.97. The molecule has 0 atom stereocenters. The summed E-state index contributed by atoms with van der Waals surface area (Å²) in [4.78, 5) is 47.8. The smallest absolute Gasteiger partial charge is 0.347 e. The van der Waals surface area contributed by atoms with Crippen LogP contribution in [-0.4, -0.2) is 82.4 Å². The van der Waals surface area contributed by atoms with Gasteiger partial charge < -0.3 is 59.3 Å². The average molecular weight is 987 g/mol. The number of ether oxygens (including phenoxy) is 5. The van der Waals surface area contributed by atoms with E-state index in [1.165, 1.54) is 14.2 Å². The number of aromatic nitrogens is 4. The topological polar surface area (TPSA) is 267 Å². The van der Waals surface area contributed by atoms with Crippen LogP contribution >= 0.6 is 0 Å². The number of rotatable bonds is 19. The normalized spacial score (nSPS) is 10.8. The summed E-state index contributed by atoms with van der Waals surface area (Å²) < 4.78 is 32.3. The number of nitrogens with one attached hydrogen (secondary N) is 2. The number of unbranched alkanes of at least 4 members (excludes halogenated alkanes) is 2. The third-order valence-electron chi connectivity index (χ3n) is 11.2. The van der Waals surface area contributed by atoms with Crippen LogP contribution in [0, 0.1) is 0 Å². The van der Waals surface area contributed by atoms with E-state index in [0.717, 1.165) is 36.8 Å². The number of hydrogen-bond acceptors (Lipinski definition) is 15. The van der Waals surface area contributed by atoms with Crippen LogP contribution in [-0.2, 0) is 30.4 Å². The van der Waals surface area contributed by atoms with E-state index in [1.54, 1.807) is 57.5 Å². The molecule has 0 aliphatic rings. The van der Waals surface area contributed by atoms with E-state index in [4.69, 9.17) is 39.1 Å². The first-order chi connectivity index (χ1) is 34.9. The van der Waals surface area contributed by atoms with Gasteiger partial charge in [0.1, 0.15) is 45.9 Å². The number of methoxy groups -OCH3 is 4. The van der Waals surface area contributed by atoms with Crippen LogP contribution in [0.15, 0.2) is 116 Å². The van der Waals surface area contributed by atoms with Crippen LogP contribution in [0.2, 0.25) is 0 Å². The lowest BCUT2D eigenvalue weighted by Crippen LogP contribution is -2.22. The zero-order valence-corrected chi connectivity index (χ0v) is 41.5. The summed E-state index contributed by atoms with van der Waals surface area (Å²) in [7, 11) is 6.08. The van der Waals surface area contributed by atoms with E-state index in [0.29, 0.717) is 88.1 Å². The molecule has 0 saturated carbocycles. The molecule has 7 N–H and O–H groups in total. The van der Waals surface area contributed by atoms with Gasteiger partial charge in [0.2, 0.25) is 0 Å². The van der Waals surface area contributed by atoms with E-state index in [-0.39, 0.29) is 29.6 Å². The van der Waals surface area contributed by atoms with Crippen molar-refractivity contribution >= 4 is 11.8 Å². The van der Waals surface area contributed by atoms with Crippen molar-refractivity contribution < 1.29 is 48.4 Å². The standard InChI is InChI=1S/C26H27N3O5.C20H25NO6.C8H10N2O/c1-4-5-12-17-21(22-18(32-2)13-9-14-19(22)33-3)24(30)23(25(31)27-17)26-28-20(29-34-26)15-16-10-7-6-8-11-16;1-5-7-9-12-15(16-13(25-3)10-8-11-14(16)26-4)18(22)17(19(23)21-12)20(24)27-6-2;9-8(10-11)6-7-4-2-1-3-5-7/h6-11,13-14H,4-5,12,15H2,1-3H3,(H2,27,30,31);8,10-11H,5-7,9H2,1-4H3,(H2,21,22,23);1-5,11H,6H2,(H2,9,10). The highest BCUT2D eigenvalue weighted by Gasteiger charge is 2.29. The summed E-state index contributed by atoms with van der Waals surface area (Å²) >= 11 is 0. The van der Waals surface area contributed by atoms with Crippen LogP contribution in [0.3, 0.4) is 0 Å². The third-order valence-corrected chi connectivity index (χ3v) is 11.2. The summed E-state index contributed by atoms with van der Waals surface area (Å²) in [5, 5.41) is 37.5. The van der Waals surface area contributed by atoms with Crippen molar-refractivity contribution in [2.24, 2.45) is 10.9 Å². The SMILES string of the molecule is CCCCc1[nH]c(=O)c(-c2nc(Cc3ccccc3)no2)c(O)c1-c1c(OC)cccc1OC.CCCCc1[nH]c(=O)c(C(=O)OCC)c(O)c1-c1c(OC)cccc1OC.NC(Cc1ccccc1)=NO. The van der Waals surface area contributed by atoms with Gasteiger partial charge in [0.05, 0.1) is 57.3 Å². The Bertz CT molecular complexity index is 2980. The molecular weight excluding hydrogens is 925 g/mol. The van der Waals surface area contributed by atoms with E-state index in [1.807, 2.05) is 67.6 Å². The molecule has 18 nitrogen and oxygen atoms in total. The van der Waals surface area contributed by atoms with Gasteiger partial charge in [0.25, 0.3) is 17.0 Å². The van der Waals surface area contributed by atoms with E-state index < -0.39 is 28.4 Å². The van der Waals surface area contributed by atoms with Gasteiger partial charge in [-0.3, -0.25) is 9.59 Å². The summed E-state index contributed by atoms with van der Waals surface area (Å²) in [6, 6.07) is 29.8. The number of esters is 1. The number of hydrogen-bond donors (Lipinski definition) is 6. The monoisotopic (exact) mass is 986 g/mol. The largest absolute Gasteiger partial charge is 0.506 e. The highest BCUT2D eigenvalue weighted by atomic mass is 16.5. The molecule has 0 amide bonds. The molecular formula is C54H62N6O12. The lowest BCUT2D eigenvalue weighted by molar-refractivity contribution is 0.0520. The Hall–Kier alpha value is -8.54. The molecule has 72 heavy (non-hydrogen) atoms. The molecule has 380 valence electrons. The van der Waals surface area contributed by atoms with Crippen LogP contribution in [0.5, 0.6) is 34.5 Å². The maximum absolute atomic E-state index is 13.1. The lowest BCUT2D eigenvalue weighted by Gasteiger charge is -2.18. The Morgan fingerprint density at radius 3 is 1.57 bits per heavy atom. The first-order valence-electron chi connectivity index (χ1n) is 23.3. The van der Waals surface area contributed by atoms with Crippen LogP contribution in [0.4, 0.5) is 0 Å². The van der Waals surface area contributed by atoms with Crippen molar-refractivity contribution in [3.8, 4) is 68.2 Å². The molecule has 0 bridgehead atoms. The van der Waals surface area contributed by atoms with Gasteiger partial charge >= 0.3 is 5.97 Å². The molecule has 0 saturated heterocycles. The molecule has 4 aromatic carbocycles. The van der Waals surface area contributed by atoms with Gasteiger partial charge in [-0.05, 0) is 68.0 Å². The number of benzene rings is 4. The molecule has 7 aromatic rings. The Balaban J connectivity index is 0.000000225. The molecule has 3 heterocycles. The fraction of sp³-hybridized carbons (Fsp3) is 0.296. The average Bonchev–Trinajstić information content (AvgIpc) is 3.85. The molecule has 7 rings (SSSR count). The van der Waals surface area contributed by atoms with Crippen molar-refractivity contribution in [2.45, 2.75) is 72.1 Å². The molecule has 0 spiro atoms. The number of nitrogens with zero attached hydrogens (tertiary/aromatic N) is 3. The second-order valence-corrected chi connectivity index (χ2v) is 16.0. The van der Waals surface area contributed by atoms with Crippen LogP contribution in [0.25, 0.3) is 33.7 Å². The minimum atomic E-state index is -0.881. The molecule has 0 fully saturated rings. The number of carbonyl (C=O) groups excluding carboxylic acids is 1. The molecule has 0 unspecified atom stereocenters. The fourth-order valence-electron chi connectivity index (χ4n) is 7.73. The quantitative estimate of drug-likeness (QED) is 0.0145. The van der Waals surface area contributed by atoms with Crippen LogP contribution in [0.1, 0.15) is 85.2 Å². The van der Waals surface area contributed by atoms with Crippen molar-refractivity contribution in [3.63, 3.8) is 0 Å². The van der Waals surface area contributed by atoms with Crippen molar-refractivity contribution in [1.82, 2.24) is 20.1 Å². The number of carbonyl (C=O) groups is 1. The second kappa shape index (κ2) is 27.0. The number of oxime groups is 1. The fourth-order valence-corrected chi connectivity index (χ4v) is 7.73. The van der Waals surface area contributed by atoms with Crippen molar-refractivity contribution in [2.75, 3.05) is 35.0 Å². The van der Waals surface area contributed by atoms with Gasteiger partial charge in [-0.2, -0.15) is 4.98 Å². The number of aromatic hydroxyl groups is 2. The predicted molar refractivity (Wildman–Crippen MR) is 274 cm³/mol. The highest BCUT2D eigenvalue weighted by Crippen LogP contribution is 2.47. The Morgan fingerprint density at radius 1 is 0.639 bits per heavy atom. The minimum absolute atomic E-state index is 0.0539. The lowest BCUT2D eigenvalue weighted by atomic mass is 9.96. The summed E-state index contributed by atoms with van der Waals surface area (Å²) in [6.45, 7) is 5.79. The number of aryl methyl sites for hydroxylation is 2. The molecule has 0 radical (unpaired) electrons. The zero-order valence-electron chi connectivity index (χ0n) is 41.5. The number of pyridine rings is 2. The van der Waals surface area contributed by atoms with Gasteiger partial charge in [-0.15, -0.1) is 0 Å². The maximum Gasteiger partial charge on any atom is 0.347 e. The number of aromatic amines is 2. The summed E-state index contributed by atoms with van der Waals surface area (Å²) in [5.41, 5.74) is 8.46. The van der Waals surface area contributed by atoms with Crippen molar-refractivity contribution in [1.29, 1.82) is 0 Å². The van der Waals surface area contributed by atoms with Gasteiger partial charge in [0.15, 0.2) is 11.4 Å². The van der Waals surface area contributed by atoms with Gasteiger partial charge in [0, 0.05) is 24.2 Å². The molecule has 18 heteroatoms. The van der Waals surface area contributed by atoms with E-state index in [2.05, 4.69) is 32.2 Å². The van der Waals surface area contributed by atoms with Gasteiger partial charge in [-0.25, -0.2) is 4.79 Å². The zero-order chi connectivity index (χ0) is 52.2. The molecule has 0 aliphatic heterocycles. The Labute approximate surface area is 417 Å². The van der Waals surface area contributed by atoms with Crippen molar-refractivity contribution in [3.05, 3.63) is 152 Å². The Morgan fingerprint density at radius 2 is 1.11 bits per heavy atom. The van der Waals surface area contributed by atoms with Crippen LogP contribution < -0.4 is 35.8 Å². The number of H-pyrrole nitrogens is 2. The van der Waals surface area contributed by atoms with Gasteiger partial charge in [-0.1, -0.05) is 110 Å². The second-order valence-electron chi connectivity index (χ2n) is 16.0. The first-order valence-corrected chi connectivity index (χ1v) is 23.3. The molecule has 0 aliphatic carbocycles. The minimum Gasteiger partial charge on any atom is -0.506 e. The first kappa shape index (κ1) is 54.4. The third kappa shape index (κ3) is 13.4. The summed E-state index contributed by atoms with van der Waals surface area (Å²) in [6.07, 6.45) is 5.42. The number of amidine groups is 1. The predicted octanol–water partition coefficient (Wildman–Crippen LogP) is 9.01.